The van der Waals surface area contributed by atoms with Gasteiger partial charge in [-0.1, -0.05) is 59.1 Å². The molecule has 0 N–H and O–H groups in total. The molecule has 0 aromatic heterocycles. The van der Waals surface area contributed by atoms with Gasteiger partial charge in [0.15, 0.2) is 5.78 Å². The molecule has 2 aromatic carbocycles. The van der Waals surface area contributed by atoms with Crippen LogP contribution in [0.2, 0.25) is 15.1 Å². The second-order valence-electron chi connectivity index (χ2n) is 4.52. The van der Waals surface area contributed by atoms with Crippen LogP contribution >= 0.6 is 34.8 Å². The van der Waals surface area contributed by atoms with Crippen molar-refractivity contribution in [1.82, 2.24) is 0 Å². The highest BCUT2D eigenvalue weighted by Crippen LogP contribution is 2.39. The third kappa shape index (κ3) is 2.16. The van der Waals surface area contributed by atoms with E-state index < -0.39 is 0 Å². The number of fused-ring (bicyclic) bond motifs is 1. The number of carbonyl (C=O) groups is 1. The van der Waals surface area contributed by atoms with Gasteiger partial charge in [-0.15, -0.1) is 0 Å². The van der Waals surface area contributed by atoms with Gasteiger partial charge in [-0.3, -0.25) is 4.79 Å². The molecule has 4 heteroatoms. The third-order valence-electron chi connectivity index (χ3n) is 3.37. The summed E-state index contributed by atoms with van der Waals surface area (Å²) in [6, 6.07) is 9.33. The third-order valence-corrected chi connectivity index (χ3v) is 4.67. The molecule has 1 nitrogen and oxygen atoms in total. The minimum Gasteiger partial charge on any atom is -0.294 e. The van der Waals surface area contributed by atoms with E-state index in [0.29, 0.717) is 21.5 Å². The van der Waals surface area contributed by atoms with Crippen molar-refractivity contribution in [3.63, 3.8) is 0 Å². The molecule has 0 fully saturated rings. The Hall–Kier alpha value is -1.02. The summed E-state index contributed by atoms with van der Waals surface area (Å²) in [6.45, 7) is 0. The summed E-state index contributed by atoms with van der Waals surface area (Å²) in [5.74, 6) is 0.210. The lowest BCUT2D eigenvalue weighted by molar-refractivity contribution is 0.0994. The lowest BCUT2D eigenvalue weighted by Gasteiger charge is -2.09. The highest BCUT2D eigenvalue weighted by atomic mass is 35.5. The van der Waals surface area contributed by atoms with Crippen molar-refractivity contribution in [3.05, 3.63) is 56.5 Å². The topological polar surface area (TPSA) is 17.1 Å². The van der Waals surface area contributed by atoms with Crippen LogP contribution < -0.4 is 0 Å². The van der Waals surface area contributed by atoms with Crippen LogP contribution in [0.3, 0.4) is 0 Å². The normalized spacial score (nSPS) is 13.7. The number of hydrogen-bond acceptors (Lipinski definition) is 1. The van der Waals surface area contributed by atoms with Gasteiger partial charge in [0.05, 0.1) is 15.1 Å². The van der Waals surface area contributed by atoms with Gasteiger partial charge < -0.3 is 0 Å². The zero-order valence-corrected chi connectivity index (χ0v) is 12.1. The second-order valence-corrected chi connectivity index (χ2v) is 5.68. The summed E-state index contributed by atoms with van der Waals surface area (Å²) in [5.41, 5.74) is 3.68. The Morgan fingerprint density at radius 2 is 1.58 bits per heavy atom. The lowest BCUT2D eigenvalue weighted by atomic mass is 10.0. The molecule has 0 bridgehead atoms. The Kier molecular flexibility index (Phi) is 3.30. The maximum Gasteiger partial charge on any atom is 0.163 e. The Bertz CT molecular complexity index is 692. The van der Waals surface area contributed by atoms with Crippen LogP contribution in [-0.2, 0) is 6.42 Å². The van der Waals surface area contributed by atoms with Gasteiger partial charge >= 0.3 is 0 Å². The van der Waals surface area contributed by atoms with Crippen molar-refractivity contribution in [2.24, 2.45) is 0 Å². The van der Waals surface area contributed by atoms with Crippen LogP contribution in [0.1, 0.15) is 22.3 Å². The van der Waals surface area contributed by atoms with E-state index in [4.69, 9.17) is 34.8 Å². The minimum absolute atomic E-state index is 0.210. The van der Waals surface area contributed by atoms with Crippen molar-refractivity contribution >= 4 is 40.6 Å². The van der Waals surface area contributed by atoms with Gasteiger partial charge in [0.2, 0.25) is 0 Å². The molecular weight excluding hydrogens is 303 g/mol. The Labute approximate surface area is 126 Å². The fourth-order valence-corrected chi connectivity index (χ4v) is 3.02. The first kappa shape index (κ1) is 13.0. The standard InChI is InChI=1S/C15H9Cl3O/c16-12-5-4-11(14(17)15(12)18)9-1-3-10-8(7-9)2-6-13(10)19/h1,3-5,7H,2,6H2. The Balaban J connectivity index is 2.14. The van der Waals surface area contributed by atoms with Crippen LogP contribution in [0, 0.1) is 0 Å². The molecule has 2 aromatic rings. The van der Waals surface area contributed by atoms with Crippen LogP contribution in [-0.4, -0.2) is 5.78 Å². The molecule has 0 aliphatic heterocycles. The Morgan fingerprint density at radius 1 is 0.842 bits per heavy atom. The van der Waals surface area contributed by atoms with Crippen molar-refractivity contribution in [1.29, 1.82) is 0 Å². The maximum atomic E-state index is 11.6. The van der Waals surface area contributed by atoms with Gasteiger partial charge in [-0.05, 0) is 23.6 Å². The number of hydrogen-bond donors (Lipinski definition) is 0. The number of rotatable bonds is 1. The molecule has 19 heavy (non-hydrogen) atoms. The molecule has 0 saturated heterocycles. The zero-order chi connectivity index (χ0) is 13.6. The molecule has 0 saturated carbocycles. The van der Waals surface area contributed by atoms with Crippen molar-refractivity contribution < 1.29 is 4.79 Å². The Morgan fingerprint density at radius 3 is 2.37 bits per heavy atom. The van der Waals surface area contributed by atoms with E-state index >= 15 is 0 Å². The van der Waals surface area contributed by atoms with Gasteiger partial charge in [-0.25, -0.2) is 0 Å². The average molecular weight is 312 g/mol. The van der Waals surface area contributed by atoms with Gasteiger partial charge in [0.25, 0.3) is 0 Å². The number of ketones is 1. The van der Waals surface area contributed by atoms with E-state index in [1.165, 1.54) is 0 Å². The summed E-state index contributed by atoms with van der Waals surface area (Å²) in [7, 11) is 0. The first-order valence-corrected chi connectivity index (χ1v) is 7.01. The summed E-state index contributed by atoms with van der Waals surface area (Å²) in [4.78, 5) is 11.6. The van der Waals surface area contributed by atoms with E-state index in [9.17, 15) is 4.79 Å². The van der Waals surface area contributed by atoms with Crippen LogP contribution in [0.5, 0.6) is 0 Å². The minimum atomic E-state index is 0.210. The van der Waals surface area contributed by atoms with Crippen molar-refractivity contribution in [2.45, 2.75) is 12.8 Å². The highest BCUT2D eigenvalue weighted by Gasteiger charge is 2.20. The predicted octanol–water partition coefficient (Wildman–Crippen LogP) is 5.44. The molecule has 1 aliphatic rings. The summed E-state index contributed by atoms with van der Waals surface area (Å²) in [6.07, 6.45) is 1.38. The molecule has 0 amide bonds. The molecule has 96 valence electrons. The van der Waals surface area contributed by atoms with Crippen molar-refractivity contribution in [2.75, 3.05) is 0 Å². The van der Waals surface area contributed by atoms with Gasteiger partial charge in [0, 0.05) is 17.5 Å². The average Bonchev–Trinajstić information content (AvgIpc) is 2.77. The van der Waals surface area contributed by atoms with Crippen LogP contribution in [0.15, 0.2) is 30.3 Å². The molecule has 3 rings (SSSR count). The van der Waals surface area contributed by atoms with Gasteiger partial charge in [-0.2, -0.15) is 0 Å². The highest BCUT2D eigenvalue weighted by molar-refractivity contribution is 6.49. The molecular formula is C15H9Cl3O. The number of carbonyl (C=O) groups excluding carboxylic acids is 1. The first-order chi connectivity index (χ1) is 9.08. The fraction of sp³-hybridized carbons (Fsp3) is 0.133. The van der Waals surface area contributed by atoms with E-state index in [-0.39, 0.29) is 5.78 Å². The fourth-order valence-electron chi connectivity index (χ4n) is 2.37. The maximum absolute atomic E-state index is 11.6. The van der Waals surface area contributed by atoms with E-state index in [2.05, 4.69) is 0 Å². The predicted molar refractivity (Wildman–Crippen MR) is 79.6 cm³/mol. The largest absolute Gasteiger partial charge is 0.294 e. The molecule has 0 heterocycles. The number of aryl methyl sites for hydroxylation is 1. The van der Waals surface area contributed by atoms with E-state index in [1.807, 2.05) is 24.3 Å². The smallest absolute Gasteiger partial charge is 0.163 e. The summed E-state index contributed by atoms with van der Waals surface area (Å²) < 4.78 is 0. The number of benzene rings is 2. The summed E-state index contributed by atoms with van der Waals surface area (Å²) in [5, 5.41) is 1.24. The second kappa shape index (κ2) is 4.82. The first-order valence-electron chi connectivity index (χ1n) is 5.88. The zero-order valence-electron chi connectivity index (χ0n) is 9.84. The molecule has 0 unspecified atom stereocenters. The van der Waals surface area contributed by atoms with Crippen molar-refractivity contribution in [3.8, 4) is 11.1 Å². The molecule has 1 aliphatic carbocycles. The van der Waals surface area contributed by atoms with E-state index in [0.717, 1.165) is 28.7 Å². The molecule has 0 spiro atoms. The monoisotopic (exact) mass is 310 g/mol. The SMILES string of the molecule is O=C1CCc2cc(-c3ccc(Cl)c(Cl)c3Cl)ccc21. The lowest BCUT2D eigenvalue weighted by Crippen LogP contribution is -1.91. The van der Waals surface area contributed by atoms with E-state index in [1.54, 1.807) is 6.07 Å². The van der Waals surface area contributed by atoms with Crippen LogP contribution in [0.4, 0.5) is 0 Å². The van der Waals surface area contributed by atoms with Gasteiger partial charge in [0.1, 0.15) is 0 Å². The molecule has 0 atom stereocenters. The molecule has 0 radical (unpaired) electrons. The quantitative estimate of drug-likeness (QED) is 0.641. The van der Waals surface area contributed by atoms with Crippen LogP contribution in [0.25, 0.3) is 11.1 Å². The summed E-state index contributed by atoms with van der Waals surface area (Å²) >= 11 is 18.2. The number of halogens is 3. The number of Topliss-reactive ketones (excluding diaryl/α,β-unsaturated/α-hetero) is 1.